The highest BCUT2D eigenvalue weighted by molar-refractivity contribution is 8.72. The van der Waals surface area contributed by atoms with Crippen molar-refractivity contribution in [3.63, 3.8) is 0 Å². The Morgan fingerprint density at radius 3 is 0.234 bits per heavy atom. The molecule has 0 aromatic heterocycles. The molecule has 0 unspecified atom stereocenters. The lowest BCUT2D eigenvalue weighted by Gasteiger charge is -1.71. The van der Waals surface area contributed by atoms with Gasteiger partial charge in [-0.25, -0.2) is 0 Å². The molecule has 0 aliphatic heterocycles. The summed E-state index contributed by atoms with van der Waals surface area (Å²) in [5.74, 6) is 0. The topological polar surface area (TPSA) is 0 Å². The molecule has 0 amide bonds. The van der Waals surface area contributed by atoms with Crippen LogP contribution in [0.1, 0.15) is 0 Å². The van der Waals surface area contributed by atoms with Crippen LogP contribution in [0.4, 0.5) is 0 Å². The zero-order valence-corrected chi connectivity index (χ0v) is 126. The first kappa shape index (κ1) is 122. The standard InChI is InChI=1S/CH4P92S/c1-94-93-92-91-90-89-88-87-86-85-84-83-82-81-80-79-78-77-76-75-74-73-72-71-70-69-68-67-66-65-64-63-62-61-60-59-58-57-56-55-54-53-52-51-50-49-48-47-46-45-44-43-42-41-40-39-38-37-36-35-34-33-32-31-30-29-28-27-26-25-24-23-22-21-20-19-18-17-16-15-14-13-12-11-10-9-8-7-6-5-4-3-2/h2H,1H3. The summed E-state index contributed by atoms with van der Waals surface area (Å²) in [7, 11) is 149. The second kappa shape index (κ2) is 121. The molecule has 0 aromatic rings. The van der Waals surface area contributed by atoms with Crippen molar-refractivity contribution in [3.8, 4) is 0 Å². The Hall–Kier alpha value is 28.0. The van der Waals surface area contributed by atoms with Gasteiger partial charge in [0, 0.05) is 627 Å². The molecule has 0 heterocycles. The van der Waals surface area contributed by atoms with Gasteiger partial charge < -0.3 is 0 Å². The summed E-state index contributed by atoms with van der Waals surface area (Å²) in [5.41, 5.74) is 0. The Bertz CT molecular complexity index is 3420. The first-order chi connectivity index (χ1) is 46.9. The van der Waals surface area contributed by atoms with E-state index in [1.54, 1.807) is 657 Å². The predicted octanol–water partition coefficient (Wildman–Crippen LogP) is 79.8. The summed E-state index contributed by atoms with van der Waals surface area (Å²) in [4.78, 5) is 0. The van der Waals surface area contributed by atoms with E-state index in [2.05, 4.69) is 14.8 Å². The summed E-state index contributed by atoms with van der Waals surface area (Å²) >= 11 is 1.93. The molecule has 0 nitrogen and oxygen atoms in total. The Morgan fingerprint density at radius 1 is 0.106 bits per heavy atom. The first-order valence-electron chi connectivity index (χ1n) is 18.8. The molecule has 0 N–H and O–H groups in total. The Morgan fingerprint density at radius 2 is 0.170 bits per heavy atom. The molecule has 474 valence electrons. The minimum atomic E-state index is 1.32. The van der Waals surface area contributed by atoms with Crippen LogP contribution >= 0.6 is 707 Å². The van der Waals surface area contributed by atoms with Crippen molar-refractivity contribution >= 4 is 707 Å². The summed E-state index contributed by atoms with van der Waals surface area (Å²) in [6.07, 6.45) is 2.19. The maximum absolute atomic E-state index is 3.52. The fourth-order valence-electron chi connectivity index (χ4n) is 1.63. The molecule has 93 heteroatoms. The minimum Gasteiger partial charge on any atom is -0.100 e. The van der Waals surface area contributed by atoms with Crippen LogP contribution in [0, 0.1) is 0 Å². The minimum absolute atomic E-state index is 1.32. The average Bonchev–Trinajstić information content (AvgIpc) is 3.59. The first-order valence-corrected chi connectivity index (χ1v) is 167. The van der Waals surface area contributed by atoms with Crippen molar-refractivity contribution in [3.05, 3.63) is 0 Å². The van der Waals surface area contributed by atoms with Gasteiger partial charge in [-0.2, -0.15) is 0 Å². The van der Waals surface area contributed by atoms with E-state index in [1.165, 1.54) is 29.7 Å². The SMILES string of the molecule is CSP=PP=PP=PP=PP=PP=PP=PP=PP=PP=PP=PP=PP=PP=PP=PP=PP=PP=PP=PP=PP=PP=PP=PP=PP=PP=PP=PP=PP=PP=PP=PP=PP=PP=PP=PP=PP=PP=PP=PP=PP=PP=PP=PP=PP=PP=P. The van der Waals surface area contributed by atoms with Gasteiger partial charge in [0.2, 0.25) is 0 Å². The van der Waals surface area contributed by atoms with Gasteiger partial charge in [0.25, 0.3) is 0 Å². The molecule has 0 saturated heterocycles. The van der Waals surface area contributed by atoms with Gasteiger partial charge >= 0.3 is 0 Å². The van der Waals surface area contributed by atoms with Gasteiger partial charge in [-0.05, 0) is 66.7 Å². The summed E-state index contributed by atoms with van der Waals surface area (Å²) in [5, 5.41) is 0. The molecule has 0 spiro atoms. The smallest absolute Gasteiger partial charge is 0.00263 e. The van der Waals surface area contributed by atoms with E-state index in [0.717, 1.165) is 0 Å². The molecule has 0 bridgehead atoms. The molecular weight excluding hydrogens is 2890 g/mol. The maximum atomic E-state index is 3.52. The quantitative estimate of drug-likeness (QED) is 0.0548. The van der Waals surface area contributed by atoms with Crippen molar-refractivity contribution in [2.24, 2.45) is 0 Å². The molecule has 0 aromatic carbocycles. The Balaban J connectivity index is 4.12. The predicted molar refractivity (Wildman–Crippen MR) is 652 cm³/mol. The second-order valence-corrected chi connectivity index (χ2v) is 221. The fraction of sp³-hybridized carbons (Fsp3) is 1.00. The van der Waals surface area contributed by atoms with Gasteiger partial charge in [-0.1, -0.05) is 8.53 Å². The zero-order valence-electron chi connectivity index (χ0n) is 42.6. The van der Waals surface area contributed by atoms with Gasteiger partial charge in [0.1, 0.15) is 0 Å². The normalized spacial score (nSPS) is 15.7. The highest BCUT2D eigenvalue weighted by Crippen LogP contribution is 2.65. The third kappa shape index (κ3) is 120. The highest BCUT2D eigenvalue weighted by Gasteiger charge is 1.79. The van der Waals surface area contributed by atoms with E-state index >= 15 is 0 Å². The van der Waals surface area contributed by atoms with Crippen LogP contribution < -0.4 is 0 Å². The van der Waals surface area contributed by atoms with Crippen molar-refractivity contribution in [1.82, 2.24) is 0 Å². The lowest BCUT2D eigenvalue weighted by molar-refractivity contribution is 2.55. The molecule has 94 heavy (non-hydrogen) atoms. The lowest BCUT2D eigenvalue weighted by Crippen LogP contribution is -1.10. The van der Waals surface area contributed by atoms with E-state index in [-0.39, 0.29) is 0 Å². The molecule has 0 aliphatic rings. The van der Waals surface area contributed by atoms with E-state index in [4.69, 9.17) is 0 Å². The third-order valence-electron chi connectivity index (χ3n) is 3.68. The van der Waals surface area contributed by atoms with E-state index in [9.17, 15) is 0 Å². The third-order valence-corrected chi connectivity index (χ3v) is 294. The maximum Gasteiger partial charge on any atom is 0.00263 e. The van der Waals surface area contributed by atoms with Crippen LogP contribution in [0.25, 0.3) is 0 Å². The van der Waals surface area contributed by atoms with Crippen LogP contribution in [0.5, 0.6) is 0 Å². The van der Waals surface area contributed by atoms with Gasteiger partial charge in [0.15, 0.2) is 0 Å². The molecule has 0 fully saturated rings. The molecule has 0 aliphatic carbocycles. The highest BCUT2D eigenvalue weighted by atomic mass is 32.8. The Kier molecular flexibility index (Phi) is 157. The number of rotatable bonds is 46. The monoisotopic (exact) mass is 2900 g/mol. The van der Waals surface area contributed by atoms with E-state index < -0.39 is 0 Å². The summed E-state index contributed by atoms with van der Waals surface area (Å²) in [6.45, 7) is 0. The fourth-order valence-corrected chi connectivity index (χ4v) is 390. The van der Waals surface area contributed by atoms with Crippen LogP contribution in [-0.2, 0) is 0 Å². The zero-order chi connectivity index (χ0) is 67.1. The van der Waals surface area contributed by atoms with Crippen LogP contribution in [-0.4, -0.2) is 6.26 Å². The summed E-state index contributed by atoms with van der Waals surface area (Å²) in [6, 6.07) is 0. The van der Waals surface area contributed by atoms with Crippen LogP contribution in [0.3, 0.4) is 0 Å². The van der Waals surface area contributed by atoms with Gasteiger partial charge in [-0.15, -0.1) is 11.4 Å². The van der Waals surface area contributed by atoms with E-state index in [0.29, 0.717) is 0 Å². The van der Waals surface area contributed by atoms with Gasteiger partial charge in [0.05, 0.1) is 0 Å². The van der Waals surface area contributed by atoms with Crippen molar-refractivity contribution in [1.29, 1.82) is 0 Å². The Labute approximate surface area is 701 Å². The van der Waals surface area contributed by atoms with Gasteiger partial charge in [-0.3, -0.25) is 0 Å². The average molecular weight is 2900 g/mol. The lowest BCUT2D eigenvalue weighted by atomic mass is 12.0. The van der Waals surface area contributed by atoms with Crippen molar-refractivity contribution in [2.75, 3.05) is 6.26 Å². The largest absolute Gasteiger partial charge is 0.100 e. The van der Waals surface area contributed by atoms with Crippen LogP contribution in [0.2, 0.25) is 0 Å². The summed E-state index contributed by atoms with van der Waals surface area (Å²) < 4.78 is 0. The molecule has 0 saturated carbocycles. The number of hydrogen-bond donors (Lipinski definition) is 0. The molecular formula is CH4P92S. The molecule has 0 radical (unpaired) electrons. The second-order valence-electron chi connectivity index (χ2n) is 8.32. The molecule has 0 atom stereocenters. The van der Waals surface area contributed by atoms with E-state index in [1.807, 2.05) is 11.4 Å². The number of hydrogen-bond acceptors (Lipinski definition) is 1. The van der Waals surface area contributed by atoms with Crippen molar-refractivity contribution < 1.29 is 0 Å². The van der Waals surface area contributed by atoms with Crippen LogP contribution in [0.15, 0.2) is 0 Å². The van der Waals surface area contributed by atoms with Crippen molar-refractivity contribution in [2.45, 2.75) is 0 Å². The molecule has 0 rings (SSSR count).